The van der Waals surface area contributed by atoms with Crippen molar-refractivity contribution < 1.29 is 47.1 Å². The van der Waals surface area contributed by atoms with E-state index in [0.29, 0.717) is 0 Å². The van der Waals surface area contributed by atoms with Gasteiger partial charge in [-0.1, -0.05) is 0 Å². The first-order valence-electron chi connectivity index (χ1n) is 2.18. The second-order valence-electron chi connectivity index (χ2n) is 1.35. The zero-order chi connectivity index (χ0) is 11.3. The molecule has 19 heteroatoms. The van der Waals surface area contributed by atoms with Crippen molar-refractivity contribution in [1.82, 2.24) is 0 Å². The predicted octanol–water partition coefficient (Wildman–Crippen LogP) is -6.58. The normalized spacial score (nSPS) is 7.79. The molecule has 0 unspecified atom stereocenters. The third kappa shape index (κ3) is 83.0. The van der Waals surface area contributed by atoms with Crippen molar-refractivity contribution in [2.75, 3.05) is 0 Å². The van der Waals surface area contributed by atoms with Gasteiger partial charge in [-0.3, -0.25) is 4.46 Å². The Morgan fingerprint density at radius 1 is 0.789 bits per heavy atom. The first-order chi connectivity index (χ1) is 5.44. The standard InChI is InChI=1S/Li.Mg.4Na.H4O7P2.H2O3Si.7H/c;;;;;;1-8(2,3)7-9(4,5)6;1-4(2)3;;;;;;;/h;;;;;;(H2,1,2,3)(H2,4,5,6);1-2H;;;;;;;. The van der Waals surface area contributed by atoms with Gasteiger partial charge in [0.2, 0.25) is 0 Å². The van der Waals surface area contributed by atoms with Crippen molar-refractivity contribution >= 4 is 185 Å². The Bertz CT molecular complexity index is 242. The van der Waals surface area contributed by atoms with Gasteiger partial charge in [0, 0.05) is 0 Å². The van der Waals surface area contributed by atoms with Crippen LogP contribution in [0.15, 0.2) is 0 Å². The number of hydrogen-bond acceptors (Lipinski definition) is 4. The van der Waals surface area contributed by atoms with Crippen molar-refractivity contribution in [1.29, 1.82) is 0 Å². The molecule has 0 heterocycles. The van der Waals surface area contributed by atoms with Crippen LogP contribution >= 0.6 is 15.6 Å². The van der Waals surface area contributed by atoms with Crippen LogP contribution in [0.25, 0.3) is 0 Å². The van der Waals surface area contributed by atoms with Gasteiger partial charge in [0.05, 0.1) is 0 Å². The minimum absolute atomic E-state index is 0. The Morgan fingerprint density at radius 2 is 0.895 bits per heavy atom. The summed E-state index contributed by atoms with van der Waals surface area (Å²) in [5.41, 5.74) is 0. The van der Waals surface area contributed by atoms with Crippen molar-refractivity contribution in [2.45, 2.75) is 0 Å². The zero-order valence-electron chi connectivity index (χ0n) is 5.71. The molecule has 0 fully saturated rings. The summed E-state index contributed by atoms with van der Waals surface area (Å²) in [7, 11) is -13.2. The molecule has 0 atom stereocenters. The van der Waals surface area contributed by atoms with Crippen molar-refractivity contribution in [3.8, 4) is 0 Å². The van der Waals surface area contributed by atoms with Crippen molar-refractivity contribution in [3.05, 3.63) is 0 Å². The Hall–Kier alpha value is 5.24. The molecule has 94 valence electrons. The van der Waals surface area contributed by atoms with E-state index >= 15 is 0 Å². The molecule has 0 aromatic rings. The minimum atomic E-state index is -5.05. The van der Waals surface area contributed by atoms with Crippen LogP contribution in [0, 0.1) is 0 Å². The van der Waals surface area contributed by atoms with Crippen LogP contribution in [0.2, 0.25) is 0 Å². The number of rotatable bonds is 2. The van der Waals surface area contributed by atoms with Gasteiger partial charge in [-0.2, -0.15) is 4.31 Å². The molecule has 0 spiro atoms. The second-order valence-corrected chi connectivity index (χ2v) is 4.53. The number of phosphoric acid groups is 2. The van der Waals surface area contributed by atoms with E-state index in [4.69, 9.17) is 33.6 Å². The summed E-state index contributed by atoms with van der Waals surface area (Å²) in [6.45, 7) is 0. The van der Waals surface area contributed by atoms with Gasteiger partial charge in [0.15, 0.2) is 0 Å². The number of hydrogen-bond donors (Lipinski definition) is 6. The molecule has 10 nitrogen and oxygen atoms in total. The molecule has 0 rings (SSSR count). The molecule has 19 heavy (non-hydrogen) atoms. The maximum atomic E-state index is 9.63. The van der Waals surface area contributed by atoms with E-state index in [9.17, 15) is 9.13 Å². The molecule has 0 aromatic heterocycles. The van der Waals surface area contributed by atoms with Crippen LogP contribution in [-0.2, 0) is 17.9 Å². The van der Waals surface area contributed by atoms with E-state index in [1.807, 2.05) is 0 Å². The topological polar surface area (TPSA) is 182 Å². The molecule has 0 radical (unpaired) electrons. The Kier molecular flexibility index (Phi) is 66.6. The molecule has 0 amide bonds. The summed E-state index contributed by atoms with van der Waals surface area (Å²) in [6.07, 6.45) is 0. The molecule has 0 saturated heterocycles. The van der Waals surface area contributed by atoms with E-state index in [2.05, 4.69) is 4.31 Å². The average Bonchev–Trinajstić information content (AvgIpc) is 1.47. The van der Waals surface area contributed by atoms with Gasteiger partial charge in [0.25, 0.3) is 0 Å². The first-order valence-corrected chi connectivity index (χ1v) is 6.54. The summed E-state index contributed by atoms with van der Waals surface area (Å²) >= 11 is 0. The summed E-state index contributed by atoms with van der Waals surface area (Å²) in [6, 6.07) is 0. The predicted molar refractivity (Wildman–Crippen MR) is 80.3 cm³/mol. The third-order valence-corrected chi connectivity index (χ3v) is 1.91. The maximum absolute atomic E-state index is 9.63. The monoisotopic (exact) mass is 386 g/mol. The fourth-order valence-electron chi connectivity index (χ4n) is 0.139. The Balaban J connectivity index is -0.0000000183. The SMILES string of the molecule is O=P(O)(O)OP(=O)(O)O.O=[Si](O)O.[LiH].[MgH2].[NaH].[NaH].[NaH].[NaH]. The third-order valence-electron chi connectivity index (χ3n) is 0.213. The summed E-state index contributed by atoms with van der Waals surface area (Å²) in [4.78, 5) is 45.3. The first kappa shape index (κ1) is 49.6. The molecular weight excluding hydrogens is 373 g/mol. The summed E-state index contributed by atoms with van der Waals surface area (Å²) in [5, 5.41) is 0. The fourth-order valence-corrected chi connectivity index (χ4v) is 1.25. The van der Waals surface area contributed by atoms with E-state index < -0.39 is 24.8 Å². The van der Waals surface area contributed by atoms with Gasteiger partial charge in [-0.25, -0.2) is 9.13 Å². The van der Waals surface area contributed by atoms with Crippen molar-refractivity contribution in [3.63, 3.8) is 0 Å². The van der Waals surface area contributed by atoms with Crippen LogP contribution in [0.3, 0.4) is 0 Å². The Morgan fingerprint density at radius 3 is 0.895 bits per heavy atom. The fraction of sp³-hybridized carbons (Fsp3) is 0. The molecule has 0 aromatic carbocycles. The van der Waals surface area contributed by atoms with Crippen LogP contribution in [0.5, 0.6) is 0 Å². The molecule has 0 aliphatic rings. The van der Waals surface area contributed by atoms with Crippen LogP contribution in [-0.4, -0.2) is 198 Å². The summed E-state index contributed by atoms with van der Waals surface area (Å²) < 4.78 is 31.0. The average molecular weight is 386 g/mol. The Labute approximate surface area is 227 Å². The van der Waals surface area contributed by atoms with Gasteiger partial charge in [0.1, 0.15) is 0 Å². The van der Waals surface area contributed by atoms with E-state index in [0.717, 1.165) is 0 Å². The molecule has 0 bridgehead atoms. The van der Waals surface area contributed by atoms with Crippen LogP contribution in [0.4, 0.5) is 0 Å². The van der Waals surface area contributed by atoms with Gasteiger partial charge >= 0.3 is 185 Å². The zero-order valence-corrected chi connectivity index (χ0v) is 8.50. The molecule has 0 aliphatic heterocycles. The molecule has 0 saturated carbocycles. The van der Waals surface area contributed by atoms with E-state index in [1.54, 1.807) is 0 Å². The van der Waals surface area contributed by atoms with E-state index in [1.165, 1.54) is 0 Å². The van der Waals surface area contributed by atoms with E-state index in [-0.39, 0.29) is 160 Å². The quantitative estimate of drug-likeness (QED) is 0.197. The van der Waals surface area contributed by atoms with Gasteiger partial charge in [-0.05, 0) is 0 Å². The molecule has 6 N–H and O–H groups in total. The van der Waals surface area contributed by atoms with Crippen molar-refractivity contribution in [2.24, 2.45) is 0 Å². The van der Waals surface area contributed by atoms with Crippen LogP contribution < -0.4 is 0 Å². The van der Waals surface area contributed by atoms with Gasteiger partial charge < -0.3 is 29.2 Å². The summed E-state index contributed by atoms with van der Waals surface area (Å²) in [5.74, 6) is 0. The molecular formula is H13LiMgNa4O10P2Si. The second kappa shape index (κ2) is 25.5. The van der Waals surface area contributed by atoms with Gasteiger partial charge in [-0.15, -0.1) is 0 Å². The van der Waals surface area contributed by atoms with Crippen LogP contribution in [0.1, 0.15) is 0 Å². The molecule has 0 aliphatic carbocycles.